The molecule has 1 radical (unpaired) electrons. The Morgan fingerprint density at radius 2 is 2.10 bits per heavy atom. The van der Waals surface area contributed by atoms with Crippen LogP contribution in [0.25, 0.3) is 0 Å². The van der Waals surface area contributed by atoms with Crippen LogP contribution in [0, 0.1) is 6.26 Å². The van der Waals surface area contributed by atoms with Gasteiger partial charge in [-0.2, -0.15) is 0 Å². The van der Waals surface area contributed by atoms with Gasteiger partial charge in [-0.3, -0.25) is 0 Å². The van der Waals surface area contributed by atoms with E-state index in [4.69, 9.17) is 4.42 Å². The summed E-state index contributed by atoms with van der Waals surface area (Å²) in [5, 5.41) is 0. The van der Waals surface area contributed by atoms with Crippen LogP contribution < -0.4 is 0 Å². The molecule has 0 saturated heterocycles. The van der Waals surface area contributed by atoms with Crippen LogP contribution in [0.4, 0.5) is 0 Å². The van der Waals surface area contributed by atoms with E-state index in [0.717, 1.165) is 5.89 Å². The van der Waals surface area contributed by atoms with Crippen molar-refractivity contribution < 1.29 is 24.8 Å². The SMILES string of the molecule is CC(C)(C)c1nc[c-]o1.[Re]. The van der Waals surface area contributed by atoms with Crippen LogP contribution >= 0.6 is 0 Å². The Kier molecular flexibility index (Phi) is 3.28. The number of oxazole rings is 1. The first-order chi connectivity index (χ1) is 4.11. The molecule has 0 aliphatic carbocycles. The van der Waals surface area contributed by atoms with Gasteiger partial charge in [-0.15, -0.1) is 0 Å². The van der Waals surface area contributed by atoms with Gasteiger partial charge in [-0.25, -0.2) is 0 Å². The molecule has 10 heavy (non-hydrogen) atoms. The molecular weight excluding hydrogens is 300 g/mol. The third-order valence-electron chi connectivity index (χ3n) is 1.03. The van der Waals surface area contributed by atoms with Gasteiger partial charge in [-0.05, 0) is 11.6 Å². The third kappa shape index (κ3) is 2.24. The maximum atomic E-state index is 4.96. The largest absolute Gasteiger partial charge is 0.630 e. The summed E-state index contributed by atoms with van der Waals surface area (Å²) in [4.78, 5) is 3.97. The van der Waals surface area contributed by atoms with Crippen LogP contribution in [0.1, 0.15) is 26.7 Å². The topological polar surface area (TPSA) is 26.0 Å². The zero-order chi connectivity index (χ0) is 6.91. The quantitative estimate of drug-likeness (QED) is 0.683. The summed E-state index contributed by atoms with van der Waals surface area (Å²) < 4.78 is 4.96. The van der Waals surface area contributed by atoms with Crippen molar-refractivity contribution in [1.82, 2.24) is 4.98 Å². The predicted molar refractivity (Wildman–Crippen MR) is 34.0 cm³/mol. The Bertz CT molecular complexity index is 176. The van der Waals surface area contributed by atoms with E-state index in [1.54, 1.807) is 6.20 Å². The fourth-order valence-corrected chi connectivity index (χ4v) is 0.540. The first kappa shape index (κ1) is 9.87. The fourth-order valence-electron chi connectivity index (χ4n) is 0.540. The molecule has 1 aromatic heterocycles. The molecule has 57 valence electrons. The predicted octanol–water partition coefficient (Wildman–Crippen LogP) is 1.77. The number of hydrogen-bond acceptors (Lipinski definition) is 2. The summed E-state index contributed by atoms with van der Waals surface area (Å²) in [5.41, 5.74) is 0.0139. The van der Waals surface area contributed by atoms with E-state index in [9.17, 15) is 0 Å². The molecule has 0 aliphatic rings. The van der Waals surface area contributed by atoms with Crippen LogP contribution in [0.2, 0.25) is 0 Å². The number of rotatable bonds is 0. The summed E-state index contributed by atoms with van der Waals surface area (Å²) in [7, 11) is 0. The van der Waals surface area contributed by atoms with Gasteiger partial charge in [0, 0.05) is 26.3 Å². The molecule has 0 unspecified atom stereocenters. The zero-order valence-electron chi connectivity index (χ0n) is 6.31. The molecule has 0 aromatic carbocycles. The summed E-state index contributed by atoms with van der Waals surface area (Å²) in [6.07, 6.45) is 4.09. The van der Waals surface area contributed by atoms with Crippen molar-refractivity contribution in [2.24, 2.45) is 0 Å². The fraction of sp³-hybridized carbons (Fsp3) is 0.571. The maximum Gasteiger partial charge on any atom is 0.0392 e. The standard InChI is InChI=1S/C7H10NO.Re/c1-7(2,3)6-8-4-5-9-6;/h4H,1-3H3;/q-1;. The first-order valence-electron chi connectivity index (χ1n) is 2.93. The van der Waals surface area contributed by atoms with Crippen molar-refractivity contribution in [2.75, 3.05) is 0 Å². The Balaban J connectivity index is 0.000000810. The van der Waals surface area contributed by atoms with Crippen molar-refractivity contribution in [2.45, 2.75) is 26.2 Å². The van der Waals surface area contributed by atoms with E-state index in [-0.39, 0.29) is 25.8 Å². The van der Waals surface area contributed by atoms with E-state index in [0.29, 0.717) is 0 Å². The number of nitrogens with zero attached hydrogens (tertiary/aromatic N) is 1. The molecule has 0 amide bonds. The van der Waals surface area contributed by atoms with E-state index in [1.165, 1.54) is 0 Å². The van der Waals surface area contributed by atoms with Crippen LogP contribution in [0.5, 0.6) is 0 Å². The van der Waals surface area contributed by atoms with Gasteiger partial charge in [0.2, 0.25) is 0 Å². The average molecular weight is 310 g/mol. The van der Waals surface area contributed by atoms with Gasteiger partial charge in [0.05, 0.1) is 0 Å². The van der Waals surface area contributed by atoms with Crippen molar-refractivity contribution in [3.63, 3.8) is 0 Å². The van der Waals surface area contributed by atoms with Gasteiger partial charge in [0.15, 0.2) is 0 Å². The minimum Gasteiger partial charge on any atom is -0.630 e. The molecule has 0 atom stereocenters. The Hall–Kier alpha value is -0.128. The number of hydrogen-bond donors (Lipinski definition) is 0. The molecule has 0 N–H and O–H groups in total. The Morgan fingerprint density at radius 1 is 1.50 bits per heavy atom. The van der Waals surface area contributed by atoms with Crippen LogP contribution in [-0.4, -0.2) is 4.98 Å². The van der Waals surface area contributed by atoms with Gasteiger partial charge < -0.3 is 9.40 Å². The van der Waals surface area contributed by atoms with Crippen molar-refractivity contribution in [1.29, 1.82) is 0 Å². The molecule has 1 heterocycles. The second-order valence-corrected chi connectivity index (χ2v) is 3.03. The second-order valence-electron chi connectivity index (χ2n) is 3.03. The first-order valence-corrected chi connectivity index (χ1v) is 2.93. The van der Waals surface area contributed by atoms with Crippen LogP contribution in [0.15, 0.2) is 10.6 Å². The number of aromatic nitrogens is 1. The normalized spacial score (nSPS) is 10.7. The van der Waals surface area contributed by atoms with E-state index < -0.39 is 0 Å². The molecule has 0 saturated carbocycles. The van der Waals surface area contributed by atoms with Crippen molar-refractivity contribution in [3.05, 3.63) is 18.4 Å². The van der Waals surface area contributed by atoms with E-state index >= 15 is 0 Å². The van der Waals surface area contributed by atoms with Crippen LogP contribution in [-0.2, 0) is 25.8 Å². The van der Waals surface area contributed by atoms with Gasteiger partial charge >= 0.3 is 0 Å². The van der Waals surface area contributed by atoms with Gasteiger partial charge in [-0.1, -0.05) is 27.0 Å². The Labute approximate surface area is 74.7 Å². The minimum atomic E-state index is 0. The van der Waals surface area contributed by atoms with Crippen molar-refractivity contribution in [3.8, 4) is 0 Å². The summed E-state index contributed by atoms with van der Waals surface area (Å²) >= 11 is 0. The zero-order valence-corrected chi connectivity index (χ0v) is 9.03. The molecule has 0 fully saturated rings. The van der Waals surface area contributed by atoms with Gasteiger partial charge in [0.25, 0.3) is 0 Å². The molecule has 1 aromatic rings. The molecular formula is C7H10NORe-. The van der Waals surface area contributed by atoms with Gasteiger partial charge in [0.1, 0.15) is 0 Å². The summed E-state index contributed by atoms with van der Waals surface area (Å²) in [5.74, 6) is 0.738. The van der Waals surface area contributed by atoms with E-state index in [1.807, 2.05) is 20.8 Å². The molecule has 2 nitrogen and oxygen atoms in total. The van der Waals surface area contributed by atoms with Crippen LogP contribution in [0.3, 0.4) is 0 Å². The molecule has 3 heteroatoms. The molecule has 0 bridgehead atoms. The molecule has 0 spiro atoms. The summed E-state index contributed by atoms with van der Waals surface area (Å²) in [6, 6.07) is 0. The monoisotopic (exact) mass is 311 g/mol. The second kappa shape index (κ2) is 3.32. The summed E-state index contributed by atoms with van der Waals surface area (Å²) in [6.45, 7) is 6.14. The van der Waals surface area contributed by atoms with E-state index in [2.05, 4.69) is 11.2 Å². The Morgan fingerprint density at radius 3 is 2.30 bits per heavy atom. The minimum absolute atomic E-state index is 0. The average Bonchev–Trinajstić information content (AvgIpc) is 2.08. The molecule has 1 rings (SSSR count). The smallest absolute Gasteiger partial charge is 0.0392 e. The van der Waals surface area contributed by atoms with Crippen molar-refractivity contribution >= 4 is 0 Å². The third-order valence-corrected chi connectivity index (χ3v) is 1.03. The molecule has 0 aliphatic heterocycles. The maximum absolute atomic E-state index is 4.96.